The summed E-state index contributed by atoms with van der Waals surface area (Å²) in [5, 5.41) is 0. The Morgan fingerprint density at radius 1 is 1.19 bits per heavy atom. The summed E-state index contributed by atoms with van der Waals surface area (Å²) in [6.45, 7) is 2.13. The van der Waals surface area contributed by atoms with Gasteiger partial charge in [0, 0.05) is 24.6 Å². The highest BCUT2D eigenvalue weighted by Crippen LogP contribution is 2.34. The topological polar surface area (TPSA) is 55.6 Å². The van der Waals surface area contributed by atoms with E-state index in [4.69, 9.17) is 5.73 Å². The predicted molar refractivity (Wildman–Crippen MR) is 100 cm³/mol. The quantitative estimate of drug-likeness (QED) is 0.868. The molecule has 0 saturated carbocycles. The molecular formula is C21H24F2N2O2. The maximum atomic E-state index is 13.0. The molecule has 0 unspecified atom stereocenters. The van der Waals surface area contributed by atoms with Crippen LogP contribution in [-0.4, -0.2) is 37.1 Å². The maximum absolute atomic E-state index is 13.0. The van der Waals surface area contributed by atoms with E-state index in [1.807, 2.05) is 18.2 Å². The number of likely N-dealkylation sites (tertiary alicyclic amines) is 1. The number of hydrogen-bond donors (Lipinski definition) is 1. The molecular weight excluding hydrogens is 350 g/mol. The third-order valence-corrected chi connectivity index (χ3v) is 5.17. The van der Waals surface area contributed by atoms with Crippen LogP contribution in [0.3, 0.4) is 0 Å². The molecule has 0 spiro atoms. The molecule has 144 valence electrons. The summed E-state index contributed by atoms with van der Waals surface area (Å²) in [7, 11) is 0. The van der Waals surface area contributed by atoms with Gasteiger partial charge in [-0.1, -0.05) is 30.3 Å². The van der Waals surface area contributed by atoms with Crippen LogP contribution >= 0.6 is 0 Å². The number of alkyl halides is 2. The van der Waals surface area contributed by atoms with E-state index in [2.05, 4.69) is 16.9 Å². The standard InChI is InChI=1S/C21H24F2N2O2/c1-13-8-16(9-14(2)19(13)27-21(22)23)20(26)25-11-17(10-24)18(12-25)15-6-4-3-5-7-15/h3-9,17-18,21H,10-12,24H2,1-2H3/t17-,18+/m1/s1. The van der Waals surface area contributed by atoms with Crippen molar-refractivity contribution in [2.45, 2.75) is 26.4 Å². The van der Waals surface area contributed by atoms with Crippen LogP contribution in [0.5, 0.6) is 5.75 Å². The van der Waals surface area contributed by atoms with Gasteiger partial charge in [-0.3, -0.25) is 4.79 Å². The SMILES string of the molecule is Cc1cc(C(=O)N2C[C@@H](CN)[C@H](c3ccccc3)C2)cc(C)c1OC(F)F. The molecule has 0 radical (unpaired) electrons. The Morgan fingerprint density at radius 3 is 2.37 bits per heavy atom. The third-order valence-electron chi connectivity index (χ3n) is 5.17. The first-order chi connectivity index (χ1) is 12.9. The zero-order chi connectivity index (χ0) is 19.6. The van der Waals surface area contributed by atoms with E-state index in [9.17, 15) is 13.6 Å². The lowest BCUT2D eigenvalue weighted by Gasteiger charge is -2.19. The molecule has 0 aliphatic carbocycles. The fourth-order valence-electron chi connectivity index (χ4n) is 3.89. The Bertz CT molecular complexity index is 788. The van der Waals surface area contributed by atoms with Gasteiger partial charge in [-0.05, 0) is 55.1 Å². The van der Waals surface area contributed by atoms with Crippen molar-refractivity contribution < 1.29 is 18.3 Å². The second-order valence-corrected chi connectivity index (χ2v) is 7.04. The van der Waals surface area contributed by atoms with Crippen molar-refractivity contribution in [2.24, 2.45) is 11.7 Å². The highest BCUT2D eigenvalue weighted by molar-refractivity contribution is 5.95. The lowest BCUT2D eigenvalue weighted by molar-refractivity contribution is -0.0507. The van der Waals surface area contributed by atoms with Crippen molar-refractivity contribution in [1.82, 2.24) is 4.90 Å². The molecule has 2 atom stereocenters. The van der Waals surface area contributed by atoms with Crippen LogP contribution in [0, 0.1) is 19.8 Å². The van der Waals surface area contributed by atoms with Crippen LogP contribution in [0.4, 0.5) is 8.78 Å². The predicted octanol–water partition coefficient (Wildman–Crippen LogP) is 3.72. The van der Waals surface area contributed by atoms with Gasteiger partial charge < -0.3 is 15.4 Å². The number of halogens is 2. The smallest absolute Gasteiger partial charge is 0.387 e. The monoisotopic (exact) mass is 374 g/mol. The third kappa shape index (κ3) is 4.11. The highest BCUT2D eigenvalue weighted by Gasteiger charge is 2.35. The zero-order valence-corrected chi connectivity index (χ0v) is 15.5. The molecule has 1 heterocycles. The molecule has 27 heavy (non-hydrogen) atoms. The Balaban J connectivity index is 1.82. The second kappa shape index (κ2) is 8.05. The zero-order valence-electron chi connectivity index (χ0n) is 15.5. The maximum Gasteiger partial charge on any atom is 0.387 e. The molecule has 0 aromatic heterocycles. The number of carbonyl (C=O) groups excluding carboxylic acids is 1. The van der Waals surface area contributed by atoms with Gasteiger partial charge >= 0.3 is 6.61 Å². The Morgan fingerprint density at radius 2 is 1.81 bits per heavy atom. The minimum Gasteiger partial charge on any atom is -0.434 e. The molecule has 1 saturated heterocycles. The van der Waals surface area contributed by atoms with Gasteiger partial charge in [-0.15, -0.1) is 0 Å². The van der Waals surface area contributed by atoms with Crippen molar-refractivity contribution in [3.8, 4) is 5.75 Å². The highest BCUT2D eigenvalue weighted by atomic mass is 19.3. The van der Waals surface area contributed by atoms with Crippen molar-refractivity contribution in [3.63, 3.8) is 0 Å². The molecule has 2 aromatic rings. The summed E-state index contributed by atoms with van der Waals surface area (Å²) in [5.74, 6) is 0.412. The van der Waals surface area contributed by atoms with Crippen LogP contribution in [-0.2, 0) is 0 Å². The van der Waals surface area contributed by atoms with E-state index in [1.54, 1.807) is 30.9 Å². The van der Waals surface area contributed by atoms with Gasteiger partial charge in [0.25, 0.3) is 5.91 Å². The fraction of sp³-hybridized carbons (Fsp3) is 0.381. The van der Waals surface area contributed by atoms with Gasteiger partial charge in [-0.25, -0.2) is 0 Å². The Hall–Kier alpha value is -2.47. The van der Waals surface area contributed by atoms with Crippen LogP contribution in [0.2, 0.25) is 0 Å². The summed E-state index contributed by atoms with van der Waals surface area (Å²) in [5.41, 5.74) is 8.65. The van der Waals surface area contributed by atoms with E-state index in [-0.39, 0.29) is 23.5 Å². The van der Waals surface area contributed by atoms with Crippen LogP contribution in [0.15, 0.2) is 42.5 Å². The van der Waals surface area contributed by atoms with E-state index in [1.165, 1.54) is 5.56 Å². The average molecular weight is 374 g/mol. The molecule has 1 amide bonds. The Labute approximate surface area is 157 Å². The number of amides is 1. The van der Waals surface area contributed by atoms with E-state index < -0.39 is 6.61 Å². The van der Waals surface area contributed by atoms with Crippen molar-refractivity contribution >= 4 is 5.91 Å². The van der Waals surface area contributed by atoms with E-state index in [0.717, 1.165) is 0 Å². The summed E-state index contributed by atoms with van der Waals surface area (Å²) >= 11 is 0. The van der Waals surface area contributed by atoms with Crippen molar-refractivity contribution in [3.05, 3.63) is 64.7 Å². The summed E-state index contributed by atoms with van der Waals surface area (Å²) < 4.78 is 29.7. The molecule has 0 bridgehead atoms. The first kappa shape index (κ1) is 19.3. The molecule has 2 aromatic carbocycles. The molecule has 1 aliphatic rings. The van der Waals surface area contributed by atoms with Crippen molar-refractivity contribution in [2.75, 3.05) is 19.6 Å². The molecule has 6 heteroatoms. The van der Waals surface area contributed by atoms with Gasteiger partial charge in [0.05, 0.1) is 0 Å². The minimum absolute atomic E-state index is 0.110. The number of aryl methyl sites for hydroxylation is 2. The van der Waals surface area contributed by atoms with Gasteiger partial charge in [-0.2, -0.15) is 8.78 Å². The van der Waals surface area contributed by atoms with Crippen LogP contribution < -0.4 is 10.5 Å². The number of benzene rings is 2. The first-order valence-electron chi connectivity index (χ1n) is 9.01. The lowest BCUT2D eigenvalue weighted by Crippen LogP contribution is -2.30. The molecule has 2 N–H and O–H groups in total. The first-order valence-corrected chi connectivity index (χ1v) is 9.01. The average Bonchev–Trinajstić information content (AvgIpc) is 3.09. The molecule has 1 aliphatic heterocycles. The number of rotatable bonds is 5. The van der Waals surface area contributed by atoms with E-state index >= 15 is 0 Å². The molecule has 1 fully saturated rings. The second-order valence-electron chi connectivity index (χ2n) is 7.04. The summed E-state index contributed by atoms with van der Waals surface area (Å²) in [4.78, 5) is 14.8. The largest absolute Gasteiger partial charge is 0.434 e. The van der Waals surface area contributed by atoms with Gasteiger partial charge in [0.15, 0.2) is 0 Å². The van der Waals surface area contributed by atoms with Crippen LogP contribution in [0.1, 0.15) is 33.0 Å². The van der Waals surface area contributed by atoms with Crippen LogP contribution in [0.25, 0.3) is 0 Å². The summed E-state index contributed by atoms with van der Waals surface area (Å²) in [6.07, 6.45) is 0. The number of nitrogens with two attached hydrogens (primary N) is 1. The minimum atomic E-state index is -2.89. The van der Waals surface area contributed by atoms with Gasteiger partial charge in [0.1, 0.15) is 5.75 Å². The number of ether oxygens (including phenoxy) is 1. The number of nitrogens with zero attached hydrogens (tertiary/aromatic N) is 1. The number of carbonyl (C=O) groups is 1. The fourth-order valence-corrected chi connectivity index (χ4v) is 3.89. The normalized spacial score (nSPS) is 19.6. The van der Waals surface area contributed by atoms with Crippen molar-refractivity contribution in [1.29, 1.82) is 0 Å². The molecule has 4 nitrogen and oxygen atoms in total. The van der Waals surface area contributed by atoms with Gasteiger partial charge in [0.2, 0.25) is 0 Å². The summed E-state index contributed by atoms with van der Waals surface area (Å²) in [6, 6.07) is 13.3. The molecule has 3 rings (SSSR count). The van der Waals surface area contributed by atoms with E-state index in [0.29, 0.717) is 36.3 Å². The lowest BCUT2D eigenvalue weighted by atomic mass is 9.89. The Kier molecular flexibility index (Phi) is 5.75. The number of hydrogen-bond acceptors (Lipinski definition) is 3.